The third kappa shape index (κ3) is 3.40. The molecule has 24 heavy (non-hydrogen) atoms. The first-order chi connectivity index (χ1) is 11.5. The van der Waals surface area contributed by atoms with Crippen LogP contribution in [0.15, 0.2) is 30.5 Å². The van der Waals surface area contributed by atoms with E-state index in [1.807, 2.05) is 0 Å². The smallest absolute Gasteiger partial charge is 0.276 e. The number of nitrogens with one attached hydrogen (secondary N) is 1. The van der Waals surface area contributed by atoms with Gasteiger partial charge in [-0.25, -0.2) is 9.07 Å². The number of rotatable bonds is 4. The van der Waals surface area contributed by atoms with Crippen LogP contribution < -0.4 is 11.1 Å². The number of halogens is 1. The molecule has 1 saturated heterocycles. The summed E-state index contributed by atoms with van der Waals surface area (Å²) in [5, 5.41) is 10.7. The van der Waals surface area contributed by atoms with Crippen molar-refractivity contribution in [2.45, 2.75) is 12.6 Å². The average Bonchev–Trinajstić information content (AvgIpc) is 3.02. The molecule has 1 fully saturated rings. The lowest BCUT2D eigenvalue weighted by atomic mass is 10.0. The van der Waals surface area contributed by atoms with Gasteiger partial charge in [0.1, 0.15) is 12.4 Å². The molecule has 1 aromatic heterocycles. The van der Waals surface area contributed by atoms with Crippen molar-refractivity contribution in [2.75, 3.05) is 19.6 Å². The molecule has 1 aliphatic rings. The molecule has 126 valence electrons. The lowest BCUT2D eigenvalue weighted by molar-refractivity contribution is -0.118. The van der Waals surface area contributed by atoms with E-state index in [9.17, 15) is 14.0 Å². The highest BCUT2D eigenvalue weighted by Crippen LogP contribution is 2.24. The van der Waals surface area contributed by atoms with E-state index < -0.39 is 5.91 Å². The molecule has 0 aliphatic carbocycles. The first kappa shape index (κ1) is 16.1. The second kappa shape index (κ2) is 6.75. The maximum Gasteiger partial charge on any atom is 0.276 e. The van der Waals surface area contributed by atoms with Crippen molar-refractivity contribution < 1.29 is 14.0 Å². The molecule has 0 bridgehead atoms. The van der Waals surface area contributed by atoms with E-state index in [0.717, 1.165) is 0 Å². The Morgan fingerprint density at radius 1 is 1.42 bits per heavy atom. The van der Waals surface area contributed by atoms with E-state index in [1.54, 1.807) is 17.0 Å². The van der Waals surface area contributed by atoms with Crippen molar-refractivity contribution >= 4 is 11.8 Å². The Labute approximate surface area is 137 Å². The zero-order chi connectivity index (χ0) is 17.1. The first-order valence-corrected chi connectivity index (χ1v) is 7.50. The molecule has 0 saturated carbocycles. The van der Waals surface area contributed by atoms with Gasteiger partial charge in [0.2, 0.25) is 5.91 Å². The minimum atomic E-state index is -0.571. The summed E-state index contributed by atoms with van der Waals surface area (Å²) in [5.74, 6) is -1.24. The Morgan fingerprint density at radius 3 is 3.00 bits per heavy atom. The fourth-order valence-electron chi connectivity index (χ4n) is 2.74. The van der Waals surface area contributed by atoms with Crippen molar-refractivity contribution in [2.24, 2.45) is 5.73 Å². The van der Waals surface area contributed by atoms with Crippen LogP contribution in [0.1, 0.15) is 22.1 Å². The highest BCUT2D eigenvalue weighted by Gasteiger charge is 2.30. The number of amides is 2. The van der Waals surface area contributed by atoms with Gasteiger partial charge in [-0.15, -0.1) is 5.10 Å². The molecule has 1 unspecified atom stereocenters. The first-order valence-electron chi connectivity index (χ1n) is 7.50. The van der Waals surface area contributed by atoms with Crippen LogP contribution >= 0.6 is 0 Å². The number of carbonyl (C=O) groups is 2. The van der Waals surface area contributed by atoms with Gasteiger partial charge in [-0.1, -0.05) is 17.3 Å². The SMILES string of the molecule is NC(=O)Cn1cc(C(=O)N2CCNCC2c2cccc(F)c2)nn1. The zero-order valence-electron chi connectivity index (χ0n) is 12.9. The fourth-order valence-corrected chi connectivity index (χ4v) is 2.74. The molecule has 8 nitrogen and oxygen atoms in total. The van der Waals surface area contributed by atoms with Crippen molar-refractivity contribution in [3.05, 3.63) is 47.5 Å². The lowest BCUT2D eigenvalue weighted by Gasteiger charge is -2.36. The predicted octanol–water partition coefficient (Wildman–Crippen LogP) is -0.311. The van der Waals surface area contributed by atoms with Gasteiger partial charge in [0.05, 0.1) is 12.2 Å². The lowest BCUT2D eigenvalue weighted by Crippen LogP contribution is -2.48. The molecule has 0 spiro atoms. The van der Waals surface area contributed by atoms with Crippen LogP contribution in [0.3, 0.4) is 0 Å². The topological polar surface area (TPSA) is 106 Å². The Balaban J connectivity index is 1.83. The summed E-state index contributed by atoms with van der Waals surface area (Å²) in [6.07, 6.45) is 1.39. The van der Waals surface area contributed by atoms with Crippen molar-refractivity contribution in [1.29, 1.82) is 0 Å². The number of primary amides is 1. The molecule has 1 atom stereocenters. The second-order valence-corrected chi connectivity index (χ2v) is 5.54. The van der Waals surface area contributed by atoms with Gasteiger partial charge in [0.15, 0.2) is 5.69 Å². The van der Waals surface area contributed by atoms with E-state index in [4.69, 9.17) is 5.73 Å². The van der Waals surface area contributed by atoms with Crippen LogP contribution in [0, 0.1) is 5.82 Å². The van der Waals surface area contributed by atoms with Crippen LogP contribution in [0.5, 0.6) is 0 Å². The van der Waals surface area contributed by atoms with Gasteiger partial charge >= 0.3 is 0 Å². The van der Waals surface area contributed by atoms with Crippen molar-refractivity contribution in [3.8, 4) is 0 Å². The molecular formula is C15H17FN6O2. The van der Waals surface area contributed by atoms with Crippen LogP contribution in [0.2, 0.25) is 0 Å². The Kier molecular flexibility index (Phi) is 4.52. The molecule has 9 heteroatoms. The van der Waals surface area contributed by atoms with Gasteiger partial charge < -0.3 is 16.0 Å². The number of nitrogens with two attached hydrogens (primary N) is 1. The number of aromatic nitrogens is 3. The number of hydrogen-bond acceptors (Lipinski definition) is 5. The molecular weight excluding hydrogens is 315 g/mol. The summed E-state index contributed by atoms with van der Waals surface area (Å²) in [7, 11) is 0. The summed E-state index contributed by atoms with van der Waals surface area (Å²) in [6.45, 7) is 1.47. The van der Waals surface area contributed by atoms with Gasteiger partial charge in [0.25, 0.3) is 5.91 Å². The molecule has 1 aromatic carbocycles. The molecule has 3 N–H and O–H groups in total. The monoisotopic (exact) mass is 332 g/mol. The maximum absolute atomic E-state index is 13.5. The van der Waals surface area contributed by atoms with E-state index in [-0.39, 0.29) is 30.0 Å². The molecule has 0 radical (unpaired) electrons. The summed E-state index contributed by atoms with van der Waals surface area (Å²) >= 11 is 0. The number of carbonyl (C=O) groups excluding carboxylic acids is 2. The van der Waals surface area contributed by atoms with Crippen molar-refractivity contribution in [3.63, 3.8) is 0 Å². The normalized spacial score (nSPS) is 17.7. The van der Waals surface area contributed by atoms with Crippen molar-refractivity contribution in [1.82, 2.24) is 25.2 Å². The van der Waals surface area contributed by atoms with Gasteiger partial charge in [-0.05, 0) is 17.7 Å². The van der Waals surface area contributed by atoms with E-state index in [2.05, 4.69) is 15.6 Å². The zero-order valence-corrected chi connectivity index (χ0v) is 12.9. The summed E-state index contributed by atoms with van der Waals surface area (Å²) in [5.41, 5.74) is 5.93. The van der Waals surface area contributed by atoms with Gasteiger partial charge in [-0.2, -0.15) is 0 Å². The highest BCUT2D eigenvalue weighted by atomic mass is 19.1. The molecule has 1 aliphatic heterocycles. The molecule has 3 rings (SSSR count). The maximum atomic E-state index is 13.5. The van der Waals surface area contributed by atoms with Crippen LogP contribution in [0.4, 0.5) is 4.39 Å². The van der Waals surface area contributed by atoms with Gasteiger partial charge in [-0.3, -0.25) is 9.59 Å². The largest absolute Gasteiger partial charge is 0.368 e. The second-order valence-electron chi connectivity index (χ2n) is 5.54. The number of hydrogen-bond donors (Lipinski definition) is 2. The van der Waals surface area contributed by atoms with Crippen LogP contribution in [-0.2, 0) is 11.3 Å². The summed E-state index contributed by atoms with van der Waals surface area (Å²) in [4.78, 5) is 25.3. The Bertz CT molecular complexity index is 762. The standard InChI is InChI=1S/C15H17FN6O2/c16-11-3-1-2-10(6-11)13-7-18-4-5-22(13)15(24)12-8-21(20-19-12)9-14(17)23/h1-3,6,8,13,18H,4-5,7,9H2,(H2,17,23). The highest BCUT2D eigenvalue weighted by molar-refractivity contribution is 5.92. The van der Waals surface area contributed by atoms with E-state index in [1.165, 1.54) is 23.0 Å². The van der Waals surface area contributed by atoms with Crippen LogP contribution in [-0.4, -0.2) is 51.3 Å². The Morgan fingerprint density at radius 2 is 2.25 bits per heavy atom. The average molecular weight is 332 g/mol. The van der Waals surface area contributed by atoms with Crippen LogP contribution in [0.25, 0.3) is 0 Å². The van der Waals surface area contributed by atoms with E-state index >= 15 is 0 Å². The molecule has 2 aromatic rings. The summed E-state index contributed by atoms with van der Waals surface area (Å²) < 4.78 is 14.7. The minimum absolute atomic E-state index is 0.125. The Hall–Kier alpha value is -2.81. The third-order valence-corrected chi connectivity index (χ3v) is 3.81. The quantitative estimate of drug-likeness (QED) is 0.799. The summed E-state index contributed by atoms with van der Waals surface area (Å²) in [6, 6.07) is 5.88. The fraction of sp³-hybridized carbons (Fsp3) is 0.333. The number of benzene rings is 1. The molecule has 2 heterocycles. The minimum Gasteiger partial charge on any atom is -0.368 e. The van der Waals surface area contributed by atoms with Gasteiger partial charge in [0, 0.05) is 19.6 Å². The third-order valence-electron chi connectivity index (χ3n) is 3.81. The molecule has 2 amide bonds. The number of nitrogens with zero attached hydrogens (tertiary/aromatic N) is 4. The van der Waals surface area contributed by atoms with E-state index in [0.29, 0.717) is 25.2 Å². The number of piperazine rings is 1. The predicted molar refractivity (Wildman–Crippen MR) is 82.3 cm³/mol.